The predicted molar refractivity (Wildman–Crippen MR) is 45.5 cm³/mol. The molecule has 0 aliphatic heterocycles. The van der Waals surface area contributed by atoms with E-state index in [4.69, 9.17) is 11.0 Å². The van der Waals surface area contributed by atoms with Crippen LogP contribution in [0.3, 0.4) is 0 Å². The van der Waals surface area contributed by atoms with E-state index in [1.54, 1.807) is 6.07 Å². The van der Waals surface area contributed by atoms with Crippen molar-refractivity contribution in [2.45, 2.75) is 6.42 Å². The van der Waals surface area contributed by atoms with Gasteiger partial charge in [0.05, 0.1) is 20.6 Å². The van der Waals surface area contributed by atoms with E-state index in [2.05, 4.69) is 9.47 Å². The molecule has 14 heavy (non-hydrogen) atoms. The topological polar surface area (TPSA) is 102 Å². The summed E-state index contributed by atoms with van der Waals surface area (Å²) in [5.74, 6) is -1.49. The van der Waals surface area contributed by atoms with Crippen molar-refractivity contribution in [1.29, 1.82) is 5.26 Å². The number of hydrogen-bond acceptors (Lipinski definition) is 6. The van der Waals surface area contributed by atoms with Gasteiger partial charge >= 0.3 is 11.9 Å². The number of nitrogens with two attached hydrogens (primary N) is 1. The molecule has 0 unspecified atom stereocenters. The molecule has 0 aromatic carbocycles. The molecule has 0 amide bonds. The first-order valence-corrected chi connectivity index (χ1v) is 3.60. The highest BCUT2D eigenvalue weighted by Crippen LogP contribution is 2.05. The zero-order valence-electron chi connectivity index (χ0n) is 7.86. The summed E-state index contributed by atoms with van der Waals surface area (Å²) in [5.41, 5.74) is 4.80. The lowest BCUT2D eigenvalue weighted by molar-refractivity contribution is -0.139. The molecule has 0 rings (SSSR count). The van der Waals surface area contributed by atoms with Crippen LogP contribution in [0.1, 0.15) is 6.42 Å². The maximum absolute atomic E-state index is 10.9. The average Bonchev–Trinajstić information content (AvgIpc) is 2.18. The second kappa shape index (κ2) is 5.59. The average molecular weight is 198 g/mol. The first-order valence-electron chi connectivity index (χ1n) is 3.60. The van der Waals surface area contributed by atoms with Crippen molar-refractivity contribution < 1.29 is 19.1 Å². The predicted octanol–water partition coefficient (Wildman–Crippen LogP) is -0.541. The van der Waals surface area contributed by atoms with Gasteiger partial charge in [0.25, 0.3) is 0 Å². The Bertz CT molecular complexity index is 314. The number of carbonyl (C=O) groups excluding carboxylic acids is 2. The summed E-state index contributed by atoms with van der Waals surface area (Å²) >= 11 is 0. The maximum Gasteiger partial charge on any atom is 0.350 e. The molecule has 0 aliphatic rings. The SMILES string of the molecule is COC(=O)C/C(N)=C(/C#N)C(=O)OC. The van der Waals surface area contributed by atoms with Gasteiger partial charge in [0.15, 0.2) is 5.57 Å². The van der Waals surface area contributed by atoms with Gasteiger partial charge in [-0.2, -0.15) is 5.26 Å². The molecule has 2 N–H and O–H groups in total. The summed E-state index contributed by atoms with van der Waals surface area (Å²) in [5, 5.41) is 8.54. The third kappa shape index (κ3) is 3.15. The van der Waals surface area contributed by atoms with Gasteiger partial charge in [-0.15, -0.1) is 0 Å². The summed E-state index contributed by atoms with van der Waals surface area (Å²) in [7, 11) is 2.30. The van der Waals surface area contributed by atoms with Gasteiger partial charge in [0.1, 0.15) is 6.07 Å². The minimum atomic E-state index is -0.867. The Labute approximate surface area is 80.9 Å². The summed E-state index contributed by atoms with van der Waals surface area (Å²) in [4.78, 5) is 21.7. The number of nitriles is 1. The Morgan fingerprint density at radius 2 is 1.93 bits per heavy atom. The first-order chi connectivity index (χ1) is 6.56. The minimum Gasteiger partial charge on any atom is -0.469 e. The highest BCUT2D eigenvalue weighted by atomic mass is 16.5. The Kier molecular flexibility index (Phi) is 4.78. The van der Waals surface area contributed by atoms with Crippen LogP contribution >= 0.6 is 0 Å². The lowest BCUT2D eigenvalue weighted by atomic mass is 10.2. The van der Waals surface area contributed by atoms with Crippen molar-refractivity contribution in [2.75, 3.05) is 14.2 Å². The fraction of sp³-hybridized carbons (Fsp3) is 0.375. The molecule has 0 atom stereocenters. The second-order valence-corrected chi connectivity index (χ2v) is 2.26. The largest absolute Gasteiger partial charge is 0.469 e. The number of hydrogen-bond donors (Lipinski definition) is 1. The zero-order valence-corrected chi connectivity index (χ0v) is 7.86. The molecule has 6 heteroatoms. The summed E-state index contributed by atoms with van der Waals surface area (Å²) < 4.78 is 8.60. The Morgan fingerprint density at radius 3 is 2.29 bits per heavy atom. The molecule has 0 fully saturated rings. The summed E-state index contributed by atoms with van der Waals surface area (Å²) in [6, 6.07) is 1.55. The molecule has 6 nitrogen and oxygen atoms in total. The number of carbonyl (C=O) groups is 2. The van der Waals surface area contributed by atoms with E-state index in [0.29, 0.717) is 0 Å². The highest BCUT2D eigenvalue weighted by molar-refractivity contribution is 5.94. The molecule has 0 aromatic rings. The van der Waals surface area contributed by atoms with Crippen LogP contribution in [0.2, 0.25) is 0 Å². The lowest BCUT2D eigenvalue weighted by Gasteiger charge is -2.02. The van der Waals surface area contributed by atoms with Crippen LogP contribution in [0.15, 0.2) is 11.3 Å². The van der Waals surface area contributed by atoms with Crippen LogP contribution in [0.25, 0.3) is 0 Å². The van der Waals surface area contributed by atoms with Gasteiger partial charge in [-0.05, 0) is 0 Å². The van der Waals surface area contributed by atoms with Gasteiger partial charge < -0.3 is 15.2 Å². The first kappa shape index (κ1) is 12.0. The van der Waals surface area contributed by atoms with Crippen molar-refractivity contribution in [3.05, 3.63) is 11.3 Å². The third-order valence-electron chi connectivity index (χ3n) is 1.38. The summed E-state index contributed by atoms with van der Waals surface area (Å²) in [6.45, 7) is 0. The molecule has 0 radical (unpaired) electrons. The molecule has 0 aliphatic carbocycles. The number of methoxy groups -OCH3 is 2. The van der Waals surface area contributed by atoms with Gasteiger partial charge in [-0.3, -0.25) is 4.79 Å². The molecular weight excluding hydrogens is 188 g/mol. The van der Waals surface area contributed by atoms with Gasteiger partial charge in [-0.25, -0.2) is 4.79 Å². The van der Waals surface area contributed by atoms with Crippen molar-refractivity contribution in [1.82, 2.24) is 0 Å². The third-order valence-corrected chi connectivity index (χ3v) is 1.38. The molecule has 0 heterocycles. The van der Waals surface area contributed by atoms with E-state index in [-0.39, 0.29) is 17.7 Å². The normalized spacial score (nSPS) is 10.9. The van der Waals surface area contributed by atoms with Crippen LogP contribution in [0, 0.1) is 11.3 Å². The fourth-order valence-corrected chi connectivity index (χ4v) is 0.667. The Morgan fingerprint density at radius 1 is 1.36 bits per heavy atom. The Hall–Kier alpha value is -2.03. The summed E-state index contributed by atoms with van der Waals surface area (Å²) in [6.07, 6.45) is -0.311. The molecule has 0 bridgehead atoms. The number of ether oxygens (including phenoxy) is 2. The van der Waals surface area contributed by atoms with E-state index < -0.39 is 11.9 Å². The quantitative estimate of drug-likeness (QED) is 0.371. The van der Waals surface area contributed by atoms with E-state index in [1.807, 2.05) is 0 Å². The van der Waals surface area contributed by atoms with Crippen molar-refractivity contribution in [3.63, 3.8) is 0 Å². The van der Waals surface area contributed by atoms with Crippen LogP contribution in [0.5, 0.6) is 0 Å². The van der Waals surface area contributed by atoms with Gasteiger partial charge in [-0.1, -0.05) is 0 Å². The smallest absolute Gasteiger partial charge is 0.350 e. The number of nitrogens with zero attached hydrogens (tertiary/aromatic N) is 1. The van der Waals surface area contributed by atoms with Crippen LogP contribution in [0.4, 0.5) is 0 Å². The highest BCUT2D eigenvalue weighted by Gasteiger charge is 2.15. The maximum atomic E-state index is 10.9. The van der Waals surface area contributed by atoms with Gasteiger partial charge in [0.2, 0.25) is 0 Å². The van der Waals surface area contributed by atoms with Crippen LogP contribution in [-0.4, -0.2) is 26.2 Å². The second-order valence-electron chi connectivity index (χ2n) is 2.26. The molecule has 0 saturated carbocycles. The standard InChI is InChI=1S/C8H10N2O4/c1-13-7(11)3-6(10)5(4-9)8(12)14-2/h3,10H2,1-2H3/b6-5+. The van der Waals surface area contributed by atoms with Crippen molar-refractivity contribution >= 4 is 11.9 Å². The number of rotatable bonds is 3. The monoisotopic (exact) mass is 198 g/mol. The van der Waals surface area contributed by atoms with Crippen LogP contribution in [-0.2, 0) is 19.1 Å². The molecule has 0 spiro atoms. The Balaban J connectivity index is 4.78. The number of esters is 2. The zero-order chi connectivity index (χ0) is 11.1. The molecule has 76 valence electrons. The lowest BCUT2D eigenvalue weighted by Crippen LogP contribution is -2.15. The van der Waals surface area contributed by atoms with E-state index in [0.717, 1.165) is 7.11 Å². The molecule has 0 saturated heterocycles. The minimum absolute atomic E-state index is 0.161. The van der Waals surface area contributed by atoms with Crippen LogP contribution < -0.4 is 5.73 Å². The molecular formula is C8H10N2O4. The van der Waals surface area contributed by atoms with E-state index in [1.165, 1.54) is 7.11 Å². The van der Waals surface area contributed by atoms with Crippen molar-refractivity contribution in [3.8, 4) is 6.07 Å². The van der Waals surface area contributed by atoms with Crippen molar-refractivity contribution in [2.24, 2.45) is 5.73 Å². The molecule has 0 aromatic heterocycles. The van der Waals surface area contributed by atoms with Gasteiger partial charge in [0, 0.05) is 5.70 Å². The fourth-order valence-electron chi connectivity index (χ4n) is 0.667. The van der Waals surface area contributed by atoms with E-state index in [9.17, 15) is 9.59 Å². The van der Waals surface area contributed by atoms with E-state index >= 15 is 0 Å².